The quantitative estimate of drug-likeness (QED) is 0.534. The highest BCUT2D eigenvalue weighted by molar-refractivity contribution is 5.92. The van der Waals surface area contributed by atoms with Crippen molar-refractivity contribution in [3.63, 3.8) is 0 Å². The van der Waals surface area contributed by atoms with E-state index in [1.807, 2.05) is 60.4 Å². The van der Waals surface area contributed by atoms with Crippen LogP contribution in [0.2, 0.25) is 0 Å². The van der Waals surface area contributed by atoms with Gasteiger partial charge in [0, 0.05) is 24.0 Å². The van der Waals surface area contributed by atoms with E-state index in [-0.39, 0.29) is 12.5 Å². The summed E-state index contributed by atoms with van der Waals surface area (Å²) in [6.07, 6.45) is 2.14. The molecule has 2 aromatic carbocycles. The minimum Gasteiger partial charge on any atom is -0.341 e. The molecule has 0 spiro atoms. The number of fused-ring (bicyclic) bond motifs is 1. The molecule has 0 bridgehead atoms. The highest BCUT2D eigenvalue weighted by Crippen LogP contribution is 2.29. The molecule has 29 heavy (non-hydrogen) atoms. The predicted molar refractivity (Wildman–Crippen MR) is 109 cm³/mol. The molecule has 0 saturated carbocycles. The molecule has 1 aliphatic rings. The fourth-order valence-electron chi connectivity index (χ4n) is 3.82. The normalized spacial score (nSPS) is 14.0. The smallest absolute Gasteiger partial charge is 0.279 e. The van der Waals surface area contributed by atoms with Crippen molar-refractivity contribution in [1.82, 2.24) is 24.8 Å². The summed E-state index contributed by atoms with van der Waals surface area (Å²) in [6.45, 7) is 3.89. The van der Waals surface area contributed by atoms with Gasteiger partial charge in [0.25, 0.3) is 5.89 Å². The number of aryl methyl sites for hydroxylation is 1. The van der Waals surface area contributed by atoms with Crippen molar-refractivity contribution in [3.8, 4) is 23.0 Å². The zero-order valence-corrected chi connectivity index (χ0v) is 16.2. The van der Waals surface area contributed by atoms with Crippen molar-refractivity contribution in [2.24, 2.45) is 0 Å². The van der Waals surface area contributed by atoms with Gasteiger partial charge >= 0.3 is 0 Å². The molecule has 0 radical (unpaired) electrons. The predicted octanol–water partition coefficient (Wildman–Crippen LogP) is 3.68. The fraction of sp³-hybridized carbons (Fsp3) is 0.273. The SMILES string of the molecule is Cc1cccc(-c2noc(-c3nn(CC(=O)N4CCCC4)c4ccccc34)n2)c1. The molecule has 2 aromatic heterocycles. The van der Waals surface area contributed by atoms with Gasteiger partial charge in [0.05, 0.1) is 5.52 Å². The number of para-hydroxylation sites is 1. The molecule has 7 nitrogen and oxygen atoms in total. The largest absolute Gasteiger partial charge is 0.341 e. The van der Waals surface area contributed by atoms with Crippen LogP contribution < -0.4 is 0 Å². The Labute approximate surface area is 167 Å². The van der Waals surface area contributed by atoms with Crippen LogP contribution in [-0.2, 0) is 11.3 Å². The molecule has 1 fully saturated rings. The van der Waals surface area contributed by atoms with Gasteiger partial charge in [0.1, 0.15) is 6.54 Å². The molecule has 1 amide bonds. The second kappa shape index (κ2) is 7.16. The fourth-order valence-corrected chi connectivity index (χ4v) is 3.82. The van der Waals surface area contributed by atoms with E-state index < -0.39 is 0 Å². The molecule has 7 heteroatoms. The molecule has 4 aromatic rings. The van der Waals surface area contributed by atoms with Crippen LogP contribution in [0, 0.1) is 6.92 Å². The number of hydrogen-bond acceptors (Lipinski definition) is 5. The van der Waals surface area contributed by atoms with Gasteiger partial charge in [-0.05, 0) is 31.9 Å². The number of amides is 1. The van der Waals surface area contributed by atoms with E-state index in [1.165, 1.54) is 0 Å². The summed E-state index contributed by atoms with van der Waals surface area (Å²) >= 11 is 0. The van der Waals surface area contributed by atoms with E-state index in [0.717, 1.165) is 48.0 Å². The monoisotopic (exact) mass is 387 g/mol. The zero-order valence-electron chi connectivity index (χ0n) is 16.2. The first-order valence-electron chi connectivity index (χ1n) is 9.83. The highest BCUT2D eigenvalue weighted by Gasteiger charge is 2.22. The standard InChI is InChI=1S/C22H21N5O2/c1-15-7-6-8-16(13-15)21-23-22(29-25-21)20-17-9-2-3-10-18(17)27(24-20)14-19(28)26-11-4-5-12-26/h2-3,6-10,13H,4-5,11-12,14H2,1H3. The molecule has 1 aliphatic heterocycles. The Morgan fingerprint density at radius 2 is 1.93 bits per heavy atom. The highest BCUT2D eigenvalue weighted by atomic mass is 16.5. The maximum atomic E-state index is 12.6. The molecule has 3 heterocycles. The van der Waals surface area contributed by atoms with Crippen molar-refractivity contribution in [2.45, 2.75) is 26.3 Å². The minimum atomic E-state index is 0.0910. The number of carbonyl (C=O) groups excluding carboxylic acids is 1. The number of carbonyl (C=O) groups is 1. The maximum absolute atomic E-state index is 12.6. The van der Waals surface area contributed by atoms with Crippen LogP contribution in [0.15, 0.2) is 53.1 Å². The van der Waals surface area contributed by atoms with E-state index in [9.17, 15) is 4.79 Å². The van der Waals surface area contributed by atoms with Crippen LogP contribution in [-0.4, -0.2) is 43.8 Å². The lowest BCUT2D eigenvalue weighted by Crippen LogP contribution is -2.31. The minimum absolute atomic E-state index is 0.0910. The van der Waals surface area contributed by atoms with Crippen LogP contribution in [0.3, 0.4) is 0 Å². The molecule has 0 atom stereocenters. The average molecular weight is 387 g/mol. The Bertz CT molecular complexity index is 1190. The van der Waals surface area contributed by atoms with Gasteiger partial charge in [-0.15, -0.1) is 0 Å². The van der Waals surface area contributed by atoms with Crippen LogP contribution in [0.4, 0.5) is 0 Å². The summed E-state index contributed by atoms with van der Waals surface area (Å²) in [5, 5.41) is 9.69. The molecule has 0 unspecified atom stereocenters. The van der Waals surface area contributed by atoms with Crippen LogP contribution in [0.5, 0.6) is 0 Å². The van der Waals surface area contributed by atoms with Crippen molar-refractivity contribution in [2.75, 3.05) is 13.1 Å². The summed E-state index contributed by atoms with van der Waals surface area (Å²) in [6, 6.07) is 15.8. The van der Waals surface area contributed by atoms with Gasteiger partial charge < -0.3 is 9.42 Å². The Morgan fingerprint density at radius 3 is 2.76 bits per heavy atom. The third kappa shape index (κ3) is 3.29. The third-order valence-electron chi connectivity index (χ3n) is 5.31. The topological polar surface area (TPSA) is 77.0 Å². The van der Waals surface area contributed by atoms with E-state index in [2.05, 4.69) is 15.2 Å². The van der Waals surface area contributed by atoms with E-state index >= 15 is 0 Å². The number of hydrogen-bond donors (Lipinski definition) is 0. The lowest BCUT2D eigenvalue weighted by atomic mass is 10.1. The van der Waals surface area contributed by atoms with E-state index in [0.29, 0.717) is 17.4 Å². The summed E-state index contributed by atoms with van der Waals surface area (Å²) in [5.74, 6) is 0.967. The van der Waals surface area contributed by atoms with Gasteiger partial charge in [-0.25, -0.2) is 0 Å². The summed E-state index contributed by atoms with van der Waals surface area (Å²) < 4.78 is 7.28. The third-order valence-corrected chi connectivity index (χ3v) is 5.31. The summed E-state index contributed by atoms with van der Waals surface area (Å²) in [4.78, 5) is 19.1. The number of rotatable bonds is 4. The first kappa shape index (κ1) is 17.6. The van der Waals surface area contributed by atoms with Crippen LogP contribution in [0.25, 0.3) is 33.9 Å². The summed E-state index contributed by atoms with van der Waals surface area (Å²) in [5.41, 5.74) is 3.50. The Balaban J connectivity index is 1.51. The van der Waals surface area contributed by atoms with Crippen LogP contribution in [0.1, 0.15) is 18.4 Å². The Morgan fingerprint density at radius 1 is 1.10 bits per heavy atom. The van der Waals surface area contributed by atoms with Gasteiger partial charge in [-0.3, -0.25) is 9.48 Å². The summed E-state index contributed by atoms with van der Waals surface area (Å²) in [7, 11) is 0. The van der Waals surface area contributed by atoms with Crippen molar-refractivity contribution in [3.05, 3.63) is 54.1 Å². The Kier molecular flexibility index (Phi) is 4.35. The van der Waals surface area contributed by atoms with E-state index in [1.54, 1.807) is 4.68 Å². The van der Waals surface area contributed by atoms with Gasteiger partial charge in [-0.2, -0.15) is 10.1 Å². The van der Waals surface area contributed by atoms with Crippen LogP contribution >= 0.6 is 0 Å². The lowest BCUT2D eigenvalue weighted by Gasteiger charge is -2.15. The second-order valence-corrected chi connectivity index (χ2v) is 7.40. The molecule has 0 aliphatic carbocycles. The number of likely N-dealkylation sites (tertiary alicyclic amines) is 1. The first-order valence-corrected chi connectivity index (χ1v) is 9.83. The van der Waals surface area contributed by atoms with Crippen molar-refractivity contribution >= 4 is 16.8 Å². The molecular formula is C22H21N5O2. The van der Waals surface area contributed by atoms with Gasteiger partial charge in [0.2, 0.25) is 11.7 Å². The lowest BCUT2D eigenvalue weighted by molar-refractivity contribution is -0.130. The Hall–Kier alpha value is -3.48. The molecule has 0 N–H and O–H groups in total. The van der Waals surface area contributed by atoms with Crippen molar-refractivity contribution < 1.29 is 9.32 Å². The molecule has 1 saturated heterocycles. The maximum Gasteiger partial charge on any atom is 0.279 e. The van der Waals surface area contributed by atoms with E-state index in [4.69, 9.17) is 4.52 Å². The van der Waals surface area contributed by atoms with Crippen molar-refractivity contribution in [1.29, 1.82) is 0 Å². The second-order valence-electron chi connectivity index (χ2n) is 7.40. The molecular weight excluding hydrogens is 366 g/mol. The first-order chi connectivity index (χ1) is 14.2. The number of benzene rings is 2. The van der Waals surface area contributed by atoms with Gasteiger partial charge in [0.15, 0.2) is 5.69 Å². The molecule has 146 valence electrons. The molecule has 5 rings (SSSR count). The zero-order chi connectivity index (χ0) is 19.8. The average Bonchev–Trinajstić information content (AvgIpc) is 3.48. The number of aromatic nitrogens is 4. The van der Waals surface area contributed by atoms with Gasteiger partial charge in [-0.1, -0.05) is 47.1 Å². The number of nitrogens with zero attached hydrogens (tertiary/aromatic N) is 5.